The average Bonchev–Trinajstić information content (AvgIpc) is 2.67. The second-order valence-corrected chi connectivity index (χ2v) is 3.97. The second-order valence-electron chi connectivity index (χ2n) is 3.97. The minimum Gasteiger partial charge on any atom is -0.352 e. The van der Waals surface area contributed by atoms with Crippen molar-refractivity contribution in [2.45, 2.75) is 31.2 Å². The first-order valence-corrected chi connectivity index (χ1v) is 5.22. The Morgan fingerprint density at radius 1 is 1.47 bits per heavy atom. The van der Waals surface area contributed by atoms with Gasteiger partial charge in [0.25, 0.3) is 0 Å². The summed E-state index contributed by atoms with van der Waals surface area (Å²) in [5, 5.41) is 2.75. The van der Waals surface area contributed by atoms with Crippen molar-refractivity contribution in [3.05, 3.63) is 30.1 Å². The largest absolute Gasteiger partial charge is 0.352 e. The third kappa shape index (κ3) is 2.46. The molecule has 2 amide bonds. The fourth-order valence-electron chi connectivity index (χ4n) is 2.20. The Bertz CT molecular complexity index is 339. The zero-order valence-electron chi connectivity index (χ0n) is 8.52. The van der Waals surface area contributed by atoms with Crippen LogP contribution in [-0.4, -0.2) is 17.1 Å². The number of rotatable bonds is 2. The molecule has 2 atom stereocenters. The quantitative estimate of drug-likeness (QED) is 0.766. The van der Waals surface area contributed by atoms with Crippen molar-refractivity contribution in [2.75, 3.05) is 0 Å². The van der Waals surface area contributed by atoms with Crippen LogP contribution in [0.1, 0.15) is 30.9 Å². The van der Waals surface area contributed by atoms with E-state index in [4.69, 9.17) is 5.73 Å². The fourth-order valence-corrected chi connectivity index (χ4v) is 2.20. The van der Waals surface area contributed by atoms with Crippen LogP contribution >= 0.6 is 0 Å². The molecule has 0 radical (unpaired) electrons. The van der Waals surface area contributed by atoms with Crippen molar-refractivity contribution >= 4 is 6.03 Å². The number of urea groups is 1. The Labute approximate surface area is 88.9 Å². The third-order valence-corrected chi connectivity index (χ3v) is 2.89. The van der Waals surface area contributed by atoms with Gasteiger partial charge in [0.2, 0.25) is 0 Å². The van der Waals surface area contributed by atoms with Gasteiger partial charge in [0.15, 0.2) is 0 Å². The highest BCUT2D eigenvalue weighted by atomic mass is 16.2. The van der Waals surface area contributed by atoms with Crippen LogP contribution in [-0.2, 0) is 0 Å². The van der Waals surface area contributed by atoms with Gasteiger partial charge in [-0.1, -0.05) is 6.07 Å². The standard InChI is InChI=1S/C11H15N3O/c12-11(15)14-9-5-4-8(7-9)10-3-1-2-6-13-10/h1-3,6,8-9H,4-5,7H2,(H3,12,14,15)/t8-,9+/m1/s1. The molecule has 4 heteroatoms. The number of carbonyl (C=O) groups is 1. The van der Waals surface area contributed by atoms with E-state index < -0.39 is 6.03 Å². The zero-order chi connectivity index (χ0) is 10.7. The van der Waals surface area contributed by atoms with Crippen LogP contribution in [0.5, 0.6) is 0 Å². The van der Waals surface area contributed by atoms with E-state index in [2.05, 4.69) is 10.3 Å². The fraction of sp³-hybridized carbons (Fsp3) is 0.455. The van der Waals surface area contributed by atoms with Crippen LogP contribution in [0.15, 0.2) is 24.4 Å². The zero-order valence-corrected chi connectivity index (χ0v) is 8.52. The molecule has 15 heavy (non-hydrogen) atoms. The van der Waals surface area contributed by atoms with Gasteiger partial charge >= 0.3 is 6.03 Å². The van der Waals surface area contributed by atoms with Gasteiger partial charge in [0.05, 0.1) is 0 Å². The molecule has 1 saturated carbocycles. The molecule has 1 aliphatic rings. The highest BCUT2D eigenvalue weighted by Crippen LogP contribution is 2.32. The maximum Gasteiger partial charge on any atom is 0.312 e. The van der Waals surface area contributed by atoms with E-state index in [1.54, 1.807) is 0 Å². The van der Waals surface area contributed by atoms with E-state index in [0.29, 0.717) is 5.92 Å². The number of carbonyl (C=O) groups excluding carboxylic acids is 1. The van der Waals surface area contributed by atoms with Crippen LogP contribution in [0.25, 0.3) is 0 Å². The molecular formula is C11H15N3O. The van der Waals surface area contributed by atoms with Gasteiger partial charge in [-0.15, -0.1) is 0 Å². The van der Waals surface area contributed by atoms with Crippen LogP contribution in [0.3, 0.4) is 0 Å². The van der Waals surface area contributed by atoms with E-state index in [9.17, 15) is 4.79 Å². The topological polar surface area (TPSA) is 68.0 Å². The van der Waals surface area contributed by atoms with Crippen molar-refractivity contribution in [1.29, 1.82) is 0 Å². The van der Waals surface area contributed by atoms with Crippen LogP contribution < -0.4 is 11.1 Å². The van der Waals surface area contributed by atoms with E-state index in [1.807, 2.05) is 24.4 Å². The van der Waals surface area contributed by atoms with Crippen molar-refractivity contribution < 1.29 is 4.79 Å². The van der Waals surface area contributed by atoms with E-state index >= 15 is 0 Å². The Hall–Kier alpha value is -1.58. The SMILES string of the molecule is NC(=O)N[C@H]1CC[C@@H](c2ccccn2)C1. The summed E-state index contributed by atoms with van der Waals surface area (Å²) < 4.78 is 0. The van der Waals surface area contributed by atoms with Crippen molar-refractivity contribution in [3.8, 4) is 0 Å². The number of primary amides is 1. The molecule has 0 aliphatic heterocycles. The maximum atomic E-state index is 10.7. The normalized spacial score (nSPS) is 25.1. The van der Waals surface area contributed by atoms with Gasteiger partial charge in [-0.05, 0) is 31.4 Å². The number of hydrogen-bond acceptors (Lipinski definition) is 2. The monoisotopic (exact) mass is 205 g/mol. The molecule has 80 valence electrons. The molecule has 1 heterocycles. The predicted octanol–water partition coefficient (Wildman–Crippen LogP) is 1.39. The lowest BCUT2D eigenvalue weighted by molar-refractivity contribution is 0.245. The van der Waals surface area contributed by atoms with Crippen LogP contribution in [0.2, 0.25) is 0 Å². The highest BCUT2D eigenvalue weighted by molar-refractivity contribution is 5.72. The molecule has 1 aromatic heterocycles. The summed E-state index contributed by atoms with van der Waals surface area (Å²) in [6.45, 7) is 0. The van der Waals surface area contributed by atoms with Crippen molar-refractivity contribution in [2.24, 2.45) is 5.73 Å². The van der Waals surface area contributed by atoms with Gasteiger partial charge in [-0.2, -0.15) is 0 Å². The number of amides is 2. The lowest BCUT2D eigenvalue weighted by atomic mass is 10.0. The minimum atomic E-state index is -0.429. The molecule has 1 fully saturated rings. The number of hydrogen-bond donors (Lipinski definition) is 2. The number of aromatic nitrogens is 1. The molecular weight excluding hydrogens is 190 g/mol. The lowest BCUT2D eigenvalue weighted by Gasteiger charge is -2.11. The van der Waals surface area contributed by atoms with Crippen molar-refractivity contribution in [3.63, 3.8) is 0 Å². The molecule has 2 rings (SSSR count). The Balaban J connectivity index is 1.96. The van der Waals surface area contributed by atoms with Gasteiger partial charge < -0.3 is 11.1 Å². The molecule has 0 spiro atoms. The van der Waals surface area contributed by atoms with Gasteiger partial charge in [-0.3, -0.25) is 4.98 Å². The first kappa shape index (κ1) is 9.96. The number of pyridine rings is 1. The summed E-state index contributed by atoms with van der Waals surface area (Å²) >= 11 is 0. The minimum absolute atomic E-state index is 0.217. The summed E-state index contributed by atoms with van der Waals surface area (Å²) in [6, 6.07) is 5.74. The Kier molecular flexibility index (Phi) is 2.85. The summed E-state index contributed by atoms with van der Waals surface area (Å²) in [6.07, 6.45) is 4.82. The smallest absolute Gasteiger partial charge is 0.312 e. The lowest BCUT2D eigenvalue weighted by Crippen LogP contribution is -2.36. The maximum absolute atomic E-state index is 10.7. The number of nitrogens with two attached hydrogens (primary N) is 1. The molecule has 1 aromatic rings. The van der Waals surface area contributed by atoms with Gasteiger partial charge in [0.1, 0.15) is 0 Å². The first-order chi connectivity index (χ1) is 7.25. The third-order valence-electron chi connectivity index (χ3n) is 2.89. The van der Waals surface area contributed by atoms with Gasteiger partial charge in [0, 0.05) is 23.9 Å². The van der Waals surface area contributed by atoms with Crippen LogP contribution in [0.4, 0.5) is 4.79 Å². The van der Waals surface area contributed by atoms with E-state index in [-0.39, 0.29) is 6.04 Å². The summed E-state index contributed by atoms with van der Waals surface area (Å²) in [5.41, 5.74) is 6.21. The van der Waals surface area contributed by atoms with E-state index in [1.165, 1.54) is 0 Å². The Morgan fingerprint density at radius 2 is 2.33 bits per heavy atom. The molecule has 0 bridgehead atoms. The molecule has 3 N–H and O–H groups in total. The van der Waals surface area contributed by atoms with E-state index in [0.717, 1.165) is 25.0 Å². The second kappa shape index (κ2) is 4.29. The highest BCUT2D eigenvalue weighted by Gasteiger charge is 2.26. The summed E-state index contributed by atoms with van der Waals surface area (Å²) in [7, 11) is 0. The number of nitrogens with one attached hydrogen (secondary N) is 1. The molecule has 1 aliphatic carbocycles. The first-order valence-electron chi connectivity index (χ1n) is 5.22. The summed E-state index contributed by atoms with van der Waals surface area (Å²) in [4.78, 5) is 15.0. The number of nitrogens with zero attached hydrogens (tertiary/aromatic N) is 1. The van der Waals surface area contributed by atoms with Crippen molar-refractivity contribution in [1.82, 2.24) is 10.3 Å². The van der Waals surface area contributed by atoms with Gasteiger partial charge in [-0.25, -0.2) is 4.79 Å². The molecule has 0 aromatic carbocycles. The average molecular weight is 205 g/mol. The predicted molar refractivity (Wildman–Crippen MR) is 57.3 cm³/mol. The van der Waals surface area contributed by atoms with Crippen LogP contribution in [0, 0.1) is 0 Å². The molecule has 0 unspecified atom stereocenters. The molecule has 0 saturated heterocycles. The summed E-state index contributed by atoms with van der Waals surface area (Å²) in [5.74, 6) is 0.461. The Morgan fingerprint density at radius 3 is 3.00 bits per heavy atom. The molecule has 4 nitrogen and oxygen atoms in total.